The van der Waals surface area contributed by atoms with Crippen LogP contribution in [0.5, 0.6) is 29.0 Å². The fourth-order valence-corrected chi connectivity index (χ4v) is 7.92. The molecule has 2 aliphatic heterocycles. The van der Waals surface area contributed by atoms with Gasteiger partial charge in [-0.1, -0.05) is 59.6 Å². The highest BCUT2D eigenvalue weighted by Gasteiger charge is 2.50. The number of carbonyl (C=O) groups is 2. The summed E-state index contributed by atoms with van der Waals surface area (Å²) in [5.74, 6) is -0.655. The van der Waals surface area contributed by atoms with Crippen molar-refractivity contribution in [1.82, 2.24) is 33.4 Å². The van der Waals surface area contributed by atoms with Gasteiger partial charge in [0.25, 0.3) is 17.5 Å². The SMILES string of the molecule is CN1C(=O)C2C(N=C(Br)N2Cc2ccc(Cl)cc2)N(C)C1=O.Cn1c(=O)c2c(nc(OCCOc3cccc(OC(F)(F)F)c3)n2Cc2ccc(Cl)cc2)n(C)c1=O.OCCOc1cccc(OC(F)(F)F)c1. The van der Waals surface area contributed by atoms with Crippen LogP contribution in [0.15, 0.2) is 112 Å². The standard InChI is InChI=1S/C23H20ClF3N4O5.C14H14BrClN4O2.C9H9F3O3/c1-29-19-18(20(32)30(2)22(29)33)31(13-14-6-8-15(24)9-7-14)21(28-19)35-11-10-34-16-4-3-5-17(12-16)36-23(25,26)27;1-18-11-10(12(21)19(2)14(18)22)20(13(15)17-11)7-8-3-5-9(16)6-4-8;10-9(11,12)15-8-3-1-2-7(6-8)14-5-4-13/h3-9,12H,10-11,13H2,1-2H3;3-6,10-11H,7H2,1-2H3;1-3,6,13H,4-5H2. The van der Waals surface area contributed by atoms with Gasteiger partial charge in [0.05, 0.1) is 13.2 Å². The Morgan fingerprint density at radius 3 is 1.68 bits per heavy atom. The molecule has 2 atom stereocenters. The number of aliphatic imine (C=N–C) groups is 1. The quantitative estimate of drug-likeness (QED) is 0.0642. The number of halogens is 9. The molecule has 0 aliphatic carbocycles. The zero-order chi connectivity index (χ0) is 53.4. The van der Waals surface area contributed by atoms with Crippen molar-refractivity contribution >= 4 is 67.0 Å². The molecule has 6 aromatic rings. The average Bonchev–Trinajstić information content (AvgIpc) is 3.86. The monoisotopic (exact) mass is 1130 g/mol. The summed E-state index contributed by atoms with van der Waals surface area (Å²) in [5.41, 5.74) is 1.04. The number of imide groups is 1. The van der Waals surface area contributed by atoms with Crippen molar-refractivity contribution in [2.75, 3.05) is 40.5 Å². The number of fused-ring (bicyclic) bond motifs is 2. The van der Waals surface area contributed by atoms with E-state index in [0.717, 1.165) is 38.8 Å². The largest absolute Gasteiger partial charge is 0.573 e. The Bertz CT molecular complexity index is 3070. The van der Waals surface area contributed by atoms with Crippen LogP contribution in [0.4, 0.5) is 31.1 Å². The molecule has 18 nitrogen and oxygen atoms in total. The first kappa shape index (κ1) is 55.4. The number of rotatable bonds is 14. The van der Waals surface area contributed by atoms with Crippen molar-refractivity contribution in [3.05, 3.63) is 139 Å². The van der Waals surface area contributed by atoms with Crippen LogP contribution < -0.4 is 34.9 Å². The molecule has 2 aliphatic rings. The van der Waals surface area contributed by atoms with Gasteiger partial charge in [-0.2, -0.15) is 4.98 Å². The number of amides is 3. The first-order chi connectivity index (χ1) is 34.4. The van der Waals surface area contributed by atoms with Crippen molar-refractivity contribution in [1.29, 1.82) is 0 Å². The van der Waals surface area contributed by atoms with E-state index in [9.17, 15) is 45.5 Å². The lowest BCUT2D eigenvalue weighted by Crippen LogP contribution is -2.63. The van der Waals surface area contributed by atoms with Crippen molar-refractivity contribution in [3.8, 4) is 29.0 Å². The normalized spacial score (nSPS) is 15.5. The number of aryl methyl sites for hydroxylation is 1. The Hall–Kier alpha value is -6.96. The zero-order valence-corrected chi connectivity index (χ0v) is 41.8. The van der Waals surface area contributed by atoms with Crippen LogP contribution in [0.3, 0.4) is 0 Å². The first-order valence-corrected chi connectivity index (χ1v) is 22.9. The molecular weight excluding hydrogens is 1090 g/mol. The molecule has 27 heteroatoms. The summed E-state index contributed by atoms with van der Waals surface area (Å²) in [7, 11) is 6.00. The number of nitrogens with zero attached hydrogens (tertiary/aromatic N) is 8. The third-order valence-corrected chi connectivity index (χ3v) is 11.7. The smallest absolute Gasteiger partial charge is 0.491 e. The van der Waals surface area contributed by atoms with Crippen LogP contribution in [0, 0.1) is 0 Å². The molecule has 2 unspecified atom stereocenters. The van der Waals surface area contributed by atoms with Gasteiger partial charge in [0.1, 0.15) is 42.8 Å². The number of likely N-dealkylation sites (N-methyl/N-ethyl adjacent to an activating group) is 2. The molecule has 4 aromatic carbocycles. The number of alkyl halides is 6. The maximum absolute atomic E-state index is 12.9. The van der Waals surface area contributed by atoms with E-state index in [2.05, 4.69) is 35.4 Å². The van der Waals surface area contributed by atoms with E-state index in [4.69, 9.17) is 42.5 Å². The topological polar surface area (TPSA) is 184 Å². The maximum atomic E-state index is 12.9. The second-order valence-electron chi connectivity index (χ2n) is 15.6. The molecule has 1 saturated heterocycles. The Kier molecular flexibility index (Phi) is 18.0. The summed E-state index contributed by atoms with van der Waals surface area (Å²) in [6, 6.07) is 23.8. The number of benzene rings is 4. The lowest BCUT2D eigenvalue weighted by Gasteiger charge is -2.39. The summed E-state index contributed by atoms with van der Waals surface area (Å²) in [5, 5.41) is 9.66. The Morgan fingerprint density at radius 1 is 0.671 bits per heavy atom. The van der Waals surface area contributed by atoms with Crippen LogP contribution in [0.1, 0.15) is 11.1 Å². The third-order valence-electron chi connectivity index (χ3n) is 10.5. The molecule has 0 bridgehead atoms. The number of imidazole rings is 1. The minimum atomic E-state index is -4.82. The van der Waals surface area contributed by atoms with Gasteiger partial charge >= 0.3 is 24.4 Å². The second kappa shape index (κ2) is 23.7. The third kappa shape index (κ3) is 14.4. The number of aliphatic hydroxyl groups is 1. The Balaban J connectivity index is 0.000000199. The van der Waals surface area contributed by atoms with Crippen molar-refractivity contribution < 1.29 is 64.7 Å². The van der Waals surface area contributed by atoms with Gasteiger partial charge in [-0.3, -0.25) is 28.2 Å². The summed E-state index contributed by atoms with van der Waals surface area (Å²) >= 11 is 15.3. The van der Waals surface area contributed by atoms with Crippen LogP contribution in [0.25, 0.3) is 11.2 Å². The average molecular weight is 1130 g/mol. The van der Waals surface area contributed by atoms with E-state index in [1.807, 2.05) is 17.0 Å². The second-order valence-corrected chi connectivity index (χ2v) is 17.2. The predicted octanol–water partition coefficient (Wildman–Crippen LogP) is 7.57. The fraction of sp³-hybridized carbons (Fsp3) is 0.304. The van der Waals surface area contributed by atoms with Gasteiger partial charge in [-0.05, 0) is 75.6 Å². The van der Waals surface area contributed by atoms with Crippen molar-refractivity contribution in [2.24, 2.45) is 19.1 Å². The molecule has 0 spiro atoms. The van der Waals surface area contributed by atoms with Crippen LogP contribution in [-0.4, -0.2) is 121 Å². The summed E-state index contributed by atoms with van der Waals surface area (Å²) < 4.78 is 101. The lowest BCUT2D eigenvalue weighted by atomic mass is 10.1. The van der Waals surface area contributed by atoms with E-state index in [0.29, 0.717) is 21.3 Å². The van der Waals surface area contributed by atoms with E-state index in [1.54, 1.807) is 43.4 Å². The fourth-order valence-electron chi connectivity index (χ4n) is 7.12. The highest BCUT2D eigenvalue weighted by atomic mass is 79.9. The van der Waals surface area contributed by atoms with Gasteiger partial charge in [-0.25, -0.2) is 14.6 Å². The molecular formula is C46H43BrCl2F6N8O10. The predicted molar refractivity (Wildman–Crippen MR) is 257 cm³/mol. The Labute approximate surface area is 429 Å². The van der Waals surface area contributed by atoms with Gasteiger partial charge in [0.2, 0.25) is 0 Å². The van der Waals surface area contributed by atoms with Crippen molar-refractivity contribution in [3.63, 3.8) is 0 Å². The number of ether oxygens (including phenoxy) is 5. The van der Waals surface area contributed by atoms with Gasteiger partial charge < -0.3 is 38.6 Å². The summed E-state index contributed by atoms with van der Waals surface area (Å²) in [4.78, 5) is 63.0. The van der Waals surface area contributed by atoms with Crippen molar-refractivity contribution in [2.45, 2.75) is 38.0 Å². The number of aromatic nitrogens is 4. The van der Waals surface area contributed by atoms with Gasteiger partial charge in [0, 0.05) is 56.9 Å². The van der Waals surface area contributed by atoms with E-state index >= 15 is 0 Å². The van der Waals surface area contributed by atoms with Crippen LogP contribution >= 0.6 is 39.1 Å². The number of hydrogen-bond donors (Lipinski definition) is 1. The molecule has 3 amide bonds. The number of amidine groups is 1. The van der Waals surface area contributed by atoms with Crippen LogP contribution in [0.2, 0.25) is 10.0 Å². The molecule has 8 rings (SSSR count). The first-order valence-electron chi connectivity index (χ1n) is 21.3. The molecule has 0 radical (unpaired) electrons. The number of carbonyl (C=O) groups excluding carboxylic acids is 2. The number of urea groups is 1. The zero-order valence-electron chi connectivity index (χ0n) is 38.7. The minimum Gasteiger partial charge on any atom is -0.491 e. The number of hydrogen-bond acceptors (Lipinski definition) is 13. The summed E-state index contributed by atoms with van der Waals surface area (Å²) in [6.45, 7) is 0.428. The number of aliphatic hydroxyl groups excluding tert-OH is 1. The van der Waals surface area contributed by atoms with Crippen LogP contribution in [-0.2, 0) is 32.0 Å². The van der Waals surface area contributed by atoms with Gasteiger partial charge in [0.15, 0.2) is 28.1 Å². The molecule has 390 valence electrons. The molecule has 2 aromatic heterocycles. The lowest BCUT2D eigenvalue weighted by molar-refractivity contribution is -0.275. The highest BCUT2D eigenvalue weighted by molar-refractivity contribution is 9.18. The van der Waals surface area contributed by atoms with Gasteiger partial charge in [-0.15, -0.1) is 26.3 Å². The molecule has 1 fully saturated rings. The van der Waals surface area contributed by atoms with E-state index in [-0.39, 0.29) is 79.3 Å². The molecule has 0 saturated carbocycles. The molecule has 73 heavy (non-hydrogen) atoms. The molecule has 4 heterocycles. The van der Waals surface area contributed by atoms with E-state index < -0.39 is 41.9 Å². The molecule has 1 N–H and O–H groups in total. The Morgan fingerprint density at radius 2 is 1.16 bits per heavy atom. The maximum Gasteiger partial charge on any atom is 0.573 e. The summed E-state index contributed by atoms with van der Waals surface area (Å²) in [6.07, 6.45) is -10.0. The van der Waals surface area contributed by atoms with E-state index in [1.165, 1.54) is 65.5 Å². The highest BCUT2D eigenvalue weighted by Crippen LogP contribution is 2.31. The minimum absolute atomic E-state index is 0.0233.